The third-order valence-corrected chi connectivity index (χ3v) is 8.66. The van der Waals surface area contributed by atoms with E-state index in [1.807, 2.05) is 18.2 Å². The van der Waals surface area contributed by atoms with Crippen molar-refractivity contribution in [3.63, 3.8) is 0 Å². The van der Waals surface area contributed by atoms with Gasteiger partial charge < -0.3 is 8.80 Å². The van der Waals surface area contributed by atoms with Gasteiger partial charge in [-0.1, -0.05) is 109 Å². The summed E-state index contributed by atoms with van der Waals surface area (Å²) in [5.74, 6) is 0. The Bertz CT molecular complexity index is 2410. The highest BCUT2D eigenvalue weighted by Gasteiger charge is 2.22. The lowest BCUT2D eigenvalue weighted by Gasteiger charge is -2.15. The standard InChI is InChI=1S/C36H21ClN2/c37-30-14-6-3-11-25(30)24-10-2-1-9-23(24)22-17-20-33-34(21-22)39-32-16-8-5-13-27(32)29-19-18-28-26-12-4-7-15-31(26)38(33)35(28)36(29)39/h1-21H. The van der Waals surface area contributed by atoms with Crippen LogP contribution in [-0.4, -0.2) is 8.80 Å². The van der Waals surface area contributed by atoms with Gasteiger partial charge in [0.05, 0.1) is 33.1 Å². The van der Waals surface area contributed by atoms with E-state index in [-0.39, 0.29) is 0 Å². The van der Waals surface area contributed by atoms with Crippen molar-refractivity contribution in [1.29, 1.82) is 0 Å². The van der Waals surface area contributed by atoms with Crippen LogP contribution in [0.1, 0.15) is 0 Å². The summed E-state index contributed by atoms with van der Waals surface area (Å²) < 4.78 is 4.94. The van der Waals surface area contributed by atoms with Gasteiger partial charge in [0, 0.05) is 32.1 Å². The number of rotatable bonds is 2. The van der Waals surface area contributed by atoms with Gasteiger partial charge in [0.1, 0.15) is 0 Å². The third kappa shape index (κ3) is 2.71. The first kappa shape index (κ1) is 21.2. The van der Waals surface area contributed by atoms with Gasteiger partial charge in [-0.15, -0.1) is 0 Å². The summed E-state index contributed by atoms with van der Waals surface area (Å²) in [6.45, 7) is 0. The van der Waals surface area contributed by atoms with Crippen molar-refractivity contribution in [2.24, 2.45) is 0 Å². The summed E-state index contributed by atoms with van der Waals surface area (Å²) in [7, 11) is 0. The molecule has 39 heavy (non-hydrogen) atoms. The number of fused-ring (bicyclic) bond motifs is 9. The van der Waals surface area contributed by atoms with Crippen LogP contribution in [0.4, 0.5) is 0 Å². The third-order valence-electron chi connectivity index (χ3n) is 8.33. The maximum absolute atomic E-state index is 6.68. The molecular weight excluding hydrogens is 496 g/mol. The summed E-state index contributed by atoms with van der Waals surface area (Å²) in [6, 6.07) is 45.7. The molecular formula is C36H21ClN2. The molecule has 0 fully saturated rings. The molecule has 0 spiro atoms. The first-order valence-corrected chi connectivity index (χ1v) is 13.6. The number of hydrogen-bond acceptors (Lipinski definition) is 0. The van der Waals surface area contributed by atoms with Crippen LogP contribution < -0.4 is 0 Å². The van der Waals surface area contributed by atoms with Crippen LogP contribution in [0.5, 0.6) is 0 Å². The number of benzene rings is 6. The molecule has 0 amide bonds. The minimum Gasteiger partial charge on any atom is -0.305 e. The second-order valence-corrected chi connectivity index (χ2v) is 10.7. The van der Waals surface area contributed by atoms with Crippen LogP contribution in [0.2, 0.25) is 5.02 Å². The molecule has 0 radical (unpaired) electrons. The summed E-state index contributed by atoms with van der Waals surface area (Å²) in [4.78, 5) is 0. The largest absolute Gasteiger partial charge is 0.305 e. The molecule has 3 heterocycles. The molecule has 0 saturated heterocycles. The molecule has 0 saturated carbocycles. The van der Waals surface area contributed by atoms with Gasteiger partial charge in [-0.2, -0.15) is 0 Å². The molecule has 182 valence electrons. The molecule has 0 unspecified atom stereocenters. The Hall–Kier alpha value is -4.79. The van der Waals surface area contributed by atoms with Gasteiger partial charge in [-0.05, 0) is 47.0 Å². The lowest BCUT2D eigenvalue weighted by molar-refractivity contribution is 1.26. The SMILES string of the molecule is Clc1ccccc1-c1ccccc1-c1ccc2c(c1)n1c3ccccc3c3ccc4c5ccccc5n2c4c31. The highest BCUT2D eigenvalue weighted by atomic mass is 35.5. The highest BCUT2D eigenvalue weighted by molar-refractivity contribution is 6.33. The van der Waals surface area contributed by atoms with Crippen molar-refractivity contribution in [3.8, 4) is 22.3 Å². The maximum Gasteiger partial charge on any atom is 0.0789 e. The van der Waals surface area contributed by atoms with E-state index in [0.717, 1.165) is 16.1 Å². The Morgan fingerprint density at radius 3 is 1.59 bits per heavy atom. The number of hydrogen-bond donors (Lipinski definition) is 0. The maximum atomic E-state index is 6.68. The molecule has 0 aliphatic rings. The van der Waals surface area contributed by atoms with Crippen molar-refractivity contribution < 1.29 is 0 Å². The second-order valence-electron chi connectivity index (χ2n) is 10.3. The zero-order chi connectivity index (χ0) is 25.7. The van der Waals surface area contributed by atoms with Crippen molar-refractivity contribution in [2.75, 3.05) is 0 Å². The smallest absolute Gasteiger partial charge is 0.0789 e. The van der Waals surface area contributed by atoms with Crippen LogP contribution in [0.25, 0.3) is 76.9 Å². The molecule has 6 aromatic carbocycles. The zero-order valence-electron chi connectivity index (χ0n) is 20.9. The average Bonchev–Trinajstić information content (AvgIpc) is 3.51. The minimum atomic E-state index is 0.760. The fourth-order valence-corrected chi connectivity index (χ4v) is 6.95. The van der Waals surface area contributed by atoms with Crippen LogP contribution in [0.3, 0.4) is 0 Å². The second kappa shape index (κ2) is 7.63. The van der Waals surface area contributed by atoms with Gasteiger partial charge in [0.15, 0.2) is 0 Å². The summed E-state index contributed by atoms with van der Waals surface area (Å²) in [5.41, 5.74) is 11.9. The molecule has 9 aromatic rings. The van der Waals surface area contributed by atoms with Gasteiger partial charge in [0.2, 0.25) is 0 Å². The van der Waals surface area contributed by atoms with Crippen molar-refractivity contribution >= 4 is 66.2 Å². The van der Waals surface area contributed by atoms with Gasteiger partial charge in [0.25, 0.3) is 0 Å². The topological polar surface area (TPSA) is 8.82 Å². The quantitative estimate of drug-likeness (QED) is 0.202. The van der Waals surface area contributed by atoms with Crippen molar-refractivity contribution in [3.05, 3.63) is 132 Å². The van der Waals surface area contributed by atoms with Gasteiger partial charge in [-0.3, -0.25) is 0 Å². The Balaban J connectivity index is 1.49. The Morgan fingerprint density at radius 1 is 0.385 bits per heavy atom. The fraction of sp³-hybridized carbons (Fsp3) is 0. The van der Waals surface area contributed by atoms with E-state index in [2.05, 4.69) is 118 Å². The molecule has 9 rings (SSSR count). The first-order chi connectivity index (χ1) is 19.3. The van der Waals surface area contributed by atoms with Gasteiger partial charge in [-0.25, -0.2) is 0 Å². The van der Waals surface area contributed by atoms with Crippen LogP contribution in [0.15, 0.2) is 127 Å². The summed E-state index contributed by atoms with van der Waals surface area (Å²) in [5, 5.41) is 5.90. The number of para-hydroxylation sites is 2. The molecule has 0 bridgehead atoms. The normalized spacial score (nSPS) is 12.2. The molecule has 3 heteroatoms. The summed E-state index contributed by atoms with van der Waals surface area (Å²) in [6.07, 6.45) is 0. The van der Waals surface area contributed by atoms with E-state index in [4.69, 9.17) is 11.6 Å². The van der Waals surface area contributed by atoms with E-state index in [0.29, 0.717) is 0 Å². The molecule has 2 nitrogen and oxygen atoms in total. The Kier molecular flexibility index (Phi) is 4.14. The molecule has 3 aromatic heterocycles. The van der Waals surface area contributed by atoms with E-state index >= 15 is 0 Å². The molecule has 0 aliphatic carbocycles. The lowest BCUT2D eigenvalue weighted by Crippen LogP contribution is -1.98. The Labute approximate surface area is 229 Å². The fourth-order valence-electron chi connectivity index (χ4n) is 6.71. The van der Waals surface area contributed by atoms with Crippen LogP contribution in [0, 0.1) is 0 Å². The van der Waals surface area contributed by atoms with E-state index in [1.165, 1.54) is 65.8 Å². The highest BCUT2D eigenvalue weighted by Crippen LogP contribution is 2.43. The Morgan fingerprint density at radius 2 is 0.923 bits per heavy atom. The monoisotopic (exact) mass is 516 g/mol. The van der Waals surface area contributed by atoms with Crippen LogP contribution >= 0.6 is 11.6 Å². The number of halogens is 1. The lowest BCUT2D eigenvalue weighted by atomic mass is 9.94. The van der Waals surface area contributed by atoms with Crippen molar-refractivity contribution in [2.45, 2.75) is 0 Å². The predicted octanol–water partition coefficient (Wildman–Crippen LogP) is 10.2. The summed E-state index contributed by atoms with van der Waals surface area (Å²) >= 11 is 6.68. The first-order valence-electron chi connectivity index (χ1n) is 13.2. The van der Waals surface area contributed by atoms with Crippen molar-refractivity contribution in [1.82, 2.24) is 8.80 Å². The zero-order valence-corrected chi connectivity index (χ0v) is 21.7. The van der Waals surface area contributed by atoms with Gasteiger partial charge >= 0.3 is 0 Å². The molecule has 0 atom stereocenters. The van der Waals surface area contributed by atoms with E-state index in [1.54, 1.807) is 0 Å². The van der Waals surface area contributed by atoms with Crippen LogP contribution in [-0.2, 0) is 0 Å². The number of aromatic nitrogens is 2. The predicted molar refractivity (Wildman–Crippen MR) is 165 cm³/mol. The number of nitrogens with zero attached hydrogens (tertiary/aromatic N) is 2. The minimum absolute atomic E-state index is 0.760. The molecule has 0 aliphatic heterocycles. The molecule has 0 N–H and O–H groups in total. The average molecular weight is 517 g/mol. The van der Waals surface area contributed by atoms with E-state index < -0.39 is 0 Å². The van der Waals surface area contributed by atoms with E-state index in [9.17, 15) is 0 Å².